The van der Waals surface area contributed by atoms with E-state index in [-0.39, 0.29) is 46.3 Å². The van der Waals surface area contributed by atoms with Crippen molar-refractivity contribution in [2.45, 2.75) is 51.7 Å². The number of likely N-dealkylation sites (tertiary alicyclic amines) is 1. The Morgan fingerprint density at radius 3 is 2.48 bits per heavy atom. The van der Waals surface area contributed by atoms with Crippen molar-refractivity contribution in [1.82, 2.24) is 19.8 Å². The number of aromatic nitrogens is 2. The Balaban J connectivity index is 1.72. The normalized spacial score (nSPS) is 17.1. The first-order valence-electron chi connectivity index (χ1n) is 13.3. The van der Waals surface area contributed by atoms with E-state index < -0.39 is 0 Å². The van der Waals surface area contributed by atoms with E-state index in [9.17, 15) is 9.59 Å². The number of benzene rings is 1. The van der Waals surface area contributed by atoms with Crippen molar-refractivity contribution >= 4 is 52.6 Å². The lowest BCUT2D eigenvalue weighted by Gasteiger charge is -2.39. The number of carbonyl (C=O) groups excluding carboxylic acids is 2. The molecule has 3 amide bonds. The molecule has 0 radical (unpaired) electrons. The Morgan fingerprint density at radius 2 is 1.88 bits per heavy atom. The number of nitrogens with zero attached hydrogens (tertiary/aromatic N) is 6. The third kappa shape index (κ3) is 6.16. The van der Waals surface area contributed by atoms with Crippen LogP contribution in [0.5, 0.6) is 11.5 Å². The maximum absolute atomic E-state index is 14.3. The van der Waals surface area contributed by atoms with Crippen molar-refractivity contribution in [2.75, 3.05) is 63.1 Å². The smallest absolute Gasteiger partial charge is 0.330 e. The van der Waals surface area contributed by atoms with E-state index >= 15 is 0 Å². The van der Waals surface area contributed by atoms with Crippen LogP contribution < -0.4 is 24.6 Å². The van der Waals surface area contributed by atoms with Crippen LogP contribution in [-0.2, 0) is 11.3 Å². The molecule has 3 heterocycles. The molecule has 13 heteroatoms. The van der Waals surface area contributed by atoms with E-state index in [2.05, 4.69) is 15.2 Å². The summed E-state index contributed by atoms with van der Waals surface area (Å²) in [5, 5.41) is 3.59. The van der Waals surface area contributed by atoms with E-state index in [0.29, 0.717) is 49.2 Å². The molecule has 1 saturated heterocycles. The Bertz CT molecular complexity index is 1230. The number of fused-ring (bicyclic) bond motifs is 1. The number of hydrogen-bond acceptors (Lipinski definition) is 8. The third-order valence-electron chi connectivity index (χ3n) is 6.95. The maximum atomic E-state index is 14.3. The summed E-state index contributed by atoms with van der Waals surface area (Å²) in [5.74, 6) is 1.67. The minimum Gasteiger partial charge on any atom is -0.495 e. The van der Waals surface area contributed by atoms with Gasteiger partial charge in [0.25, 0.3) is 0 Å². The number of halogens is 2. The maximum Gasteiger partial charge on any atom is 0.330 e. The zero-order valence-electron chi connectivity index (χ0n) is 23.8. The van der Waals surface area contributed by atoms with Crippen molar-refractivity contribution in [3.63, 3.8) is 0 Å². The Morgan fingerprint density at radius 1 is 1.20 bits per heavy atom. The minimum atomic E-state index is -0.354. The summed E-state index contributed by atoms with van der Waals surface area (Å²) in [4.78, 5) is 43.5. The van der Waals surface area contributed by atoms with Crippen LogP contribution in [0.4, 0.5) is 22.2 Å². The van der Waals surface area contributed by atoms with Crippen LogP contribution in [0, 0.1) is 0 Å². The molecular formula is C27H37Cl2N7O4. The highest BCUT2D eigenvalue weighted by Gasteiger charge is 2.42. The van der Waals surface area contributed by atoms with Crippen LogP contribution in [0.25, 0.3) is 0 Å². The molecule has 11 nitrogen and oxygen atoms in total. The molecule has 2 aliphatic heterocycles. The zero-order chi connectivity index (χ0) is 29.1. The number of hydrogen-bond donors (Lipinski definition) is 1. The summed E-state index contributed by atoms with van der Waals surface area (Å²) in [6, 6.07) is 1.04. The highest BCUT2D eigenvalue weighted by atomic mass is 35.5. The average Bonchev–Trinajstić information content (AvgIpc) is 3.38. The average molecular weight is 595 g/mol. The Kier molecular flexibility index (Phi) is 9.48. The first kappa shape index (κ1) is 30.0. The lowest BCUT2D eigenvalue weighted by Crippen LogP contribution is -2.53. The SMILES string of the molecule is COc1cc(OC)c(Cl)c(N2Cc3cnc(NC(C)C)nc3N([C@H]3CCN(C(=O)CCCN(C)C)C3)C2=O)c1Cl. The number of urea groups is 1. The molecule has 2 aromatic rings. The number of anilines is 3. The van der Waals surface area contributed by atoms with Gasteiger partial charge >= 0.3 is 6.03 Å². The van der Waals surface area contributed by atoms with E-state index in [1.165, 1.54) is 19.1 Å². The molecule has 0 bridgehead atoms. The first-order valence-corrected chi connectivity index (χ1v) is 14.1. The zero-order valence-corrected chi connectivity index (χ0v) is 25.3. The number of nitrogens with one attached hydrogen (secondary N) is 1. The minimum absolute atomic E-state index is 0.0827. The second-order valence-corrected chi connectivity index (χ2v) is 11.3. The van der Waals surface area contributed by atoms with E-state index in [0.717, 1.165) is 18.5 Å². The topological polar surface area (TPSA) is 103 Å². The van der Waals surface area contributed by atoms with Gasteiger partial charge in [-0.05, 0) is 47.3 Å². The molecule has 1 atom stereocenters. The molecule has 0 aliphatic carbocycles. The summed E-state index contributed by atoms with van der Waals surface area (Å²) in [5.41, 5.74) is 0.998. The fourth-order valence-electron chi connectivity index (χ4n) is 5.00. The van der Waals surface area contributed by atoms with Crippen LogP contribution in [-0.4, -0.2) is 91.7 Å². The van der Waals surface area contributed by atoms with Crippen LogP contribution in [0.2, 0.25) is 10.0 Å². The van der Waals surface area contributed by atoms with Gasteiger partial charge in [-0.2, -0.15) is 4.98 Å². The summed E-state index contributed by atoms with van der Waals surface area (Å²) in [6.45, 7) is 5.92. The van der Waals surface area contributed by atoms with E-state index in [1.54, 1.807) is 17.2 Å². The van der Waals surface area contributed by atoms with Gasteiger partial charge < -0.3 is 24.6 Å². The van der Waals surface area contributed by atoms with Crippen molar-refractivity contribution < 1.29 is 19.1 Å². The van der Waals surface area contributed by atoms with Gasteiger partial charge in [-0.1, -0.05) is 23.2 Å². The van der Waals surface area contributed by atoms with Crippen molar-refractivity contribution in [3.05, 3.63) is 27.9 Å². The first-order chi connectivity index (χ1) is 19.0. The number of rotatable bonds is 10. The molecule has 40 heavy (non-hydrogen) atoms. The van der Waals surface area contributed by atoms with Gasteiger partial charge in [0.2, 0.25) is 11.9 Å². The van der Waals surface area contributed by atoms with Crippen molar-refractivity contribution in [1.29, 1.82) is 0 Å². The molecule has 0 saturated carbocycles. The van der Waals surface area contributed by atoms with Crippen molar-refractivity contribution in [2.24, 2.45) is 0 Å². The molecule has 218 valence electrons. The van der Waals surface area contributed by atoms with Crippen LogP contribution in [0.15, 0.2) is 12.3 Å². The number of carbonyl (C=O) groups is 2. The molecule has 0 unspecified atom stereocenters. The molecule has 1 aromatic heterocycles. The van der Waals surface area contributed by atoms with Crippen LogP contribution in [0.3, 0.4) is 0 Å². The molecule has 2 aliphatic rings. The van der Waals surface area contributed by atoms with E-state index in [1.807, 2.05) is 32.8 Å². The van der Waals surface area contributed by atoms with E-state index in [4.69, 9.17) is 37.7 Å². The van der Waals surface area contributed by atoms with Gasteiger partial charge in [0.1, 0.15) is 27.4 Å². The predicted molar refractivity (Wildman–Crippen MR) is 157 cm³/mol. The van der Waals surface area contributed by atoms with Gasteiger partial charge in [0, 0.05) is 43.4 Å². The van der Waals surface area contributed by atoms with Crippen LogP contribution >= 0.6 is 23.2 Å². The number of methoxy groups -OCH3 is 2. The lowest BCUT2D eigenvalue weighted by atomic mass is 10.1. The molecule has 1 aromatic carbocycles. The molecular weight excluding hydrogens is 557 g/mol. The van der Waals surface area contributed by atoms with Gasteiger partial charge in [0.05, 0.1) is 32.5 Å². The molecule has 1 N–H and O–H groups in total. The van der Waals surface area contributed by atoms with Gasteiger partial charge in [-0.25, -0.2) is 9.78 Å². The number of amides is 3. The van der Waals surface area contributed by atoms with Gasteiger partial charge in [-0.3, -0.25) is 14.6 Å². The quantitative estimate of drug-likeness (QED) is 0.429. The highest BCUT2D eigenvalue weighted by molar-refractivity contribution is 6.42. The molecule has 4 rings (SSSR count). The van der Waals surface area contributed by atoms with Crippen LogP contribution in [0.1, 0.15) is 38.7 Å². The Hall–Kier alpha value is -3.02. The molecule has 1 fully saturated rings. The standard InChI is InChI=1S/C27H37Cl2N7O4/c1-16(2)31-26-30-13-17-14-35(24-22(28)19(39-5)12-20(40-6)23(24)29)27(38)36(25(17)32-26)18-9-11-34(15-18)21(37)8-7-10-33(3)4/h12-13,16,18H,7-11,14-15H2,1-6H3,(H,30,31,32)/t18-/m0/s1. The largest absolute Gasteiger partial charge is 0.495 e. The fourth-order valence-corrected chi connectivity index (χ4v) is 5.71. The monoisotopic (exact) mass is 593 g/mol. The summed E-state index contributed by atoms with van der Waals surface area (Å²) in [6.07, 6.45) is 3.55. The summed E-state index contributed by atoms with van der Waals surface area (Å²) < 4.78 is 10.9. The van der Waals surface area contributed by atoms with Gasteiger partial charge in [0.15, 0.2) is 0 Å². The Labute approximate surface area is 245 Å². The summed E-state index contributed by atoms with van der Waals surface area (Å²) >= 11 is 13.4. The second kappa shape index (κ2) is 12.7. The second-order valence-electron chi connectivity index (χ2n) is 10.5. The summed E-state index contributed by atoms with van der Waals surface area (Å²) in [7, 11) is 6.94. The highest BCUT2D eigenvalue weighted by Crippen LogP contribution is 2.48. The van der Waals surface area contributed by atoms with Gasteiger partial charge in [-0.15, -0.1) is 0 Å². The number of ether oxygens (including phenoxy) is 2. The lowest BCUT2D eigenvalue weighted by molar-refractivity contribution is -0.130. The fraction of sp³-hybridized carbons (Fsp3) is 0.556. The third-order valence-corrected chi connectivity index (χ3v) is 7.68. The van der Waals surface area contributed by atoms with Crippen molar-refractivity contribution in [3.8, 4) is 11.5 Å². The predicted octanol–water partition coefficient (Wildman–Crippen LogP) is 4.51. The molecule has 0 spiro atoms.